The molecule has 0 aliphatic rings. The molecule has 2 N–H and O–H groups in total. The van der Waals surface area contributed by atoms with Crippen LogP contribution in [-0.2, 0) is 10.1 Å². The van der Waals surface area contributed by atoms with Gasteiger partial charge >= 0.3 is 29.6 Å². The number of benzene rings is 4. The van der Waals surface area contributed by atoms with Crippen molar-refractivity contribution in [1.29, 1.82) is 0 Å². The number of anilines is 1. The molecule has 4 aromatic carbocycles. The van der Waals surface area contributed by atoms with Crippen LogP contribution in [0.5, 0.6) is 11.5 Å². The van der Waals surface area contributed by atoms with Crippen molar-refractivity contribution >= 4 is 67.1 Å². The quantitative estimate of drug-likeness (QED) is 0.189. The van der Waals surface area contributed by atoms with Gasteiger partial charge in [-0.25, -0.2) is 0 Å². The van der Waals surface area contributed by atoms with Crippen molar-refractivity contribution in [2.45, 2.75) is 18.7 Å². The number of azo groups is 1. The zero-order chi connectivity index (χ0) is 27.6. The largest absolute Gasteiger partial charge is 1.00 e. The summed E-state index contributed by atoms with van der Waals surface area (Å²) in [4.78, 5) is 12.7. The van der Waals surface area contributed by atoms with Crippen LogP contribution in [-0.4, -0.2) is 25.5 Å². The van der Waals surface area contributed by atoms with Crippen molar-refractivity contribution in [3.8, 4) is 11.5 Å². The fourth-order valence-corrected chi connectivity index (χ4v) is 4.60. The fourth-order valence-electron chi connectivity index (χ4n) is 3.62. The average Bonchev–Trinajstić information content (AvgIpc) is 2.86. The molecule has 196 valence electrons. The van der Waals surface area contributed by atoms with Gasteiger partial charge in [0.1, 0.15) is 5.75 Å². The Morgan fingerprint density at radius 3 is 2.46 bits per heavy atom. The van der Waals surface area contributed by atoms with Crippen LogP contribution in [0.2, 0.25) is 10.0 Å². The molecule has 0 aliphatic heterocycles. The third-order valence-corrected chi connectivity index (χ3v) is 7.09. The van der Waals surface area contributed by atoms with E-state index in [9.17, 15) is 22.9 Å². The molecule has 0 aromatic heterocycles. The number of hydrogen-bond acceptors (Lipinski definition) is 7. The van der Waals surface area contributed by atoms with Gasteiger partial charge in [-0.15, -0.1) is 0 Å². The van der Waals surface area contributed by atoms with Crippen LogP contribution < -0.4 is 44.7 Å². The minimum absolute atomic E-state index is 0. The first-order chi connectivity index (χ1) is 18.0. The van der Waals surface area contributed by atoms with Gasteiger partial charge in [0.15, 0.2) is 0 Å². The third kappa shape index (κ3) is 6.90. The molecule has 0 fully saturated rings. The molecule has 0 saturated heterocycles. The summed E-state index contributed by atoms with van der Waals surface area (Å²) in [6, 6.07) is 15.1. The predicted octanol–water partition coefficient (Wildman–Crippen LogP) is 3.85. The van der Waals surface area contributed by atoms with Gasteiger partial charge in [0.05, 0.1) is 27.9 Å². The number of carbonyl (C=O) groups excluding carboxylic acids is 1. The number of hydrogen-bond donors (Lipinski definition) is 2. The molecular formula is C26H20Cl2N3NaO6S. The maximum atomic E-state index is 13.4. The van der Waals surface area contributed by atoms with Crippen molar-refractivity contribution in [2.75, 3.05) is 11.9 Å². The Morgan fingerprint density at radius 2 is 1.77 bits per heavy atom. The van der Waals surface area contributed by atoms with Gasteiger partial charge in [0, 0.05) is 27.7 Å². The third-order valence-electron chi connectivity index (χ3n) is 5.55. The van der Waals surface area contributed by atoms with Crippen LogP contribution in [0.1, 0.15) is 22.8 Å². The number of carbonyl (C=O) groups is 1. The summed E-state index contributed by atoms with van der Waals surface area (Å²) in [6.45, 7) is 3.75. The van der Waals surface area contributed by atoms with Crippen LogP contribution in [0, 0.1) is 6.92 Å². The Labute approximate surface area is 256 Å². The summed E-state index contributed by atoms with van der Waals surface area (Å²) in [5.74, 6) is -1.00. The summed E-state index contributed by atoms with van der Waals surface area (Å²) in [5.41, 5.74) is 0.444. The van der Waals surface area contributed by atoms with E-state index in [4.69, 9.17) is 27.9 Å². The Morgan fingerprint density at radius 1 is 1.05 bits per heavy atom. The summed E-state index contributed by atoms with van der Waals surface area (Å²) < 4.78 is 38.1. The minimum Gasteiger partial charge on any atom is -0.870 e. The van der Waals surface area contributed by atoms with Crippen LogP contribution in [0.3, 0.4) is 0 Å². The maximum Gasteiger partial charge on any atom is 1.00 e. The zero-order valence-electron chi connectivity index (χ0n) is 21.0. The van der Waals surface area contributed by atoms with Crippen LogP contribution >= 0.6 is 23.2 Å². The second kappa shape index (κ2) is 12.6. The van der Waals surface area contributed by atoms with E-state index >= 15 is 0 Å². The monoisotopic (exact) mass is 595 g/mol. The SMILES string of the molecule is CCOc1cc(NC(=O)c2cc3ccccc3c(N=Nc3cc(S(=O)(=O)O)cc(Cl)c3C)c2[O-])ccc1Cl.[Na+]. The molecule has 0 bridgehead atoms. The molecule has 4 aromatic rings. The van der Waals surface area contributed by atoms with Gasteiger partial charge in [0.2, 0.25) is 0 Å². The molecule has 9 nitrogen and oxygen atoms in total. The number of fused-ring (bicyclic) bond motifs is 1. The van der Waals surface area contributed by atoms with Gasteiger partial charge in [-0.2, -0.15) is 18.6 Å². The molecule has 4 rings (SSSR count). The van der Waals surface area contributed by atoms with Gasteiger partial charge in [-0.05, 0) is 55.1 Å². The first-order valence-electron chi connectivity index (χ1n) is 11.2. The van der Waals surface area contributed by atoms with Gasteiger partial charge in [-0.3, -0.25) is 9.35 Å². The summed E-state index contributed by atoms with van der Waals surface area (Å²) >= 11 is 12.2. The number of amides is 1. The zero-order valence-corrected chi connectivity index (χ0v) is 25.4. The van der Waals surface area contributed by atoms with Crippen LogP contribution in [0.15, 0.2) is 75.8 Å². The van der Waals surface area contributed by atoms with Gasteiger partial charge in [-0.1, -0.05) is 53.2 Å². The molecule has 0 radical (unpaired) electrons. The summed E-state index contributed by atoms with van der Waals surface area (Å²) in [6.07, 6.45) is 0. The molecule has 1 amide bonds. The van der Waals surface area contributed by atoms with E-state index in [1.807, 2.05) is 0 Å². The second-order valence-electron chi connectivity index (χ2n) is 8.08. The first kappa shape index (κ1) is 30.8. The standard InChI is InChI=1S/C26H21Cl2N3O6S.Na/c1-3-37-23-11-16(8-9-20(23)27)29-26(33)19-10-15-6-4-5-7-18(15)24(25(19)32)31-30-22-13-17(38(34,35)36)12-21(28)14(22)2;/h4-13,32H,3H2,1-2H3,(H,29,33)(H,34,35,36);/q;+1/p-1. The minimum atomic E-state index is -4.57. The first-order valence-corrected chi connectivity index (χ1v) is 13.3. The molecule has 39 heavy (non-hydrogen) atoms. The van der Waals surface area contributed by atoms with Crippen molar-refractivity contribution in [1.82, 2.24) is 0 Å². The van der Waals surface area contributed by atoms with Gasteiger partial charge < -0.3 is 15.2 Å². The molecular weight excluding hydrogens is 576 g/mol. The Balaban J connectivity index is 0.00000420. The van der Waals surface area contributed by atoms with E-state index in [1.165, 1.54) is 6.07 Å². The van der Waals surface area contributed by atoms with E-state index in [1.54, 1.807) is 56.3 Å². The molecule has 0 heterocycles. The number of ether oxygens (including phenoxy) is 1. The topological polar surface area (TPSA) is 140 Å². The average molecular weight is 596 g/mol. The van der Waals surface area contributed by atoms with Gasteiger partial charge in [0.25, 0.3) is 16.0 Å². The molecule has 0 atom stereocenters. The normalized spacial score (nSPS) is 11.4. The Bertz CT molecular complexity index is 1710. The van der Waals surface area contributed by atoms with Crippen LogP contribution in [0.4, 0.5) is 17.1 Å². The van der Waals surface area contributed by atoms with E-state index in [0.29, 0.717) is 39.4 Å². The van der Waals surface area contributed by atoms with E-state index in [-0.39, 0.29) is 51.5 Å². The summed E-state index contributed by atoms with van der Waals surface area (Å²) in [7, 11) is -4.57. The summed E-state index contributed by atoms with van der Waals surface area (Å²) in [5, 5.41) is 25.6. The van der Waals surface area contributed by atoms with E-state index in [0.717, 1.165) is 12.1 Å². The Kier molecular flexibility index (Phi) is 10.0. The number of rotatable bonds is 7. The smallest absolute Gasteiger partial charge is 0.870 e. The molecule has 0 spiro atoms. The van der Waals surface area contributed by atoms with Crippen molar-refractivity contribution in [2.24, 2.45) is 10.2 Å². The molecule has 0 unspecified atom stereocenters. The second-order valence-corrected chi connectivity index (χ2v) is 10.3. The van der Waals surface area contributed by atoms with E-state index < -0.39 is 26.7 Å². The van der Waals surface area contributed by atoms with Crippen molar-refractivity contribution < 1.29 is 57.2 Å². The number of halogens is 2. The maximum absolute atomic E-state index is 13.4. The van der Waals surface area contributed by atoms with Crippen molar-refractivity contribution in [3.63, 3.8) is 0 Å². The fraction of sp³-hybridized carbons (Fsp3) is 0.115. The predicted molar refractivity (Wildman–Crippen MR) is 144 cm³/mol. The van der Waals surface area contributed by atoms with E-state index in [2.05, 4.69) is 15.5 Å². The molecule has 0 aliphatic carbocycles. The number of nitrogens with one attached hydrogen (secondary N) is 1. The Hall–Kier alpha value is -2.70. The molecule has 0 saturated carbocycles. The molecule has 13 heteroatoms. The number of nitrogens with zero attached hydrogens (tertiary/aromatic N) is 2. The van der Waals surface area contributed by atoms with Crippen molar-refractivity contribution in [3.05, 3.63) is 81.8 Å². The van der Waals surface area contributed by atoms with Crippen LogP contribution in [0.25, 0.3) is 10.8 Å².